The molecule has 9 heteroatoms. The highest BCUT2D eigenvalue weighted by atomic mass is 16.6. The highest BCUT2D eigenvalue weighted by Crippen LogP contribution is 2.41. The van der Waals surface area contributed by atoms with Crippen molar-refractivity contribution in [3.8, 4) is 17.2 Å². The van der Waals surface area contributed by atoms with Crippen LogP contribution in [-0.2, 0) is 14.3 Å². The minimum Gasteiger partial charge on any atom is -0.508 e. The maximum absolute atomic E-state index is 13.2. The van der Waals surface area contributed by atoms with Gasteiger partial charge in [0, 0.05) is 31.7 Å². The van der Waals surface area contributed by atoms with Gasteiger partial charge in [-0.15, -0.1) is 0 Å². The zero-order valence-electron chi connectivity index (χ0n) is 18.6. The second kappa shape index (κ2) is 9.36. The molecule has 1 amide bonds. The summed E-state index contributed by atoms with van der Waals surface area (Å²) < 4.78 is 16.5. The van der Waals surface area contributed by atoms with Crippen LogP contribution in [0.3, 0.4) is 0 Å². The molecule has 34 heavy (non-hydrogen) atoms. The van der Waals surface area contributed by atoms with Crippen molar-refractivity contribution in [2.75, 3.05) is 52.6 Å². The van der Waals surface area contributed by atoms with Gasteiger partial charge in [-0.2, -0.15) is 0 Å². The molecule has 2 saturated heterocycles. The van der Waals surface area contributed by atoms with Crippen LogP contribution in [0.1, 0.15) is 17.2 Å². The Labute approximate surface area is 196 Å². The van der Waals surface area contributed by atoms with Crippen LogP contribution in [0.25, 0.3) is 5.76 Å². The summed E-state index contributed by atoms with van der Waals surface area (Å²) >= 11 is 0. The number of hydrogen-bond acceptors (Lipinski definition) is 8. The molecule has 0 radical (unpaired) electrons. The van der Waals surface area contributed by atoms with Gasteiger partial charge in [-0.1, -0.05) is 12.1 Å². The lowest BCUT2D eigenvalue weighted by molar-refractivity contribution is -0.140. The van der Waals surface area contributed by atoms with Crippen LogP contribution < -0.4 is 9.47 Å². The standard InChI is InChI=1S/C25H26N2O7/c28-18-3-1-2-16(14-18)22-21(23(29)17-4-5-19-20(15-17)34-13-12-33-19)24(30)25(31)27(22)7-6-26-8-10-32-11-9-26/h1-5,14-15,22,28-29H,6-13H2/b23-21-. The fourth-order valence-corrected chi connectivity index (χ4v) is 4.57. The second-order valence-corrected chi connectivity index (χ2v) is 8.40. The number of carbonyl (C=O) groups is 2. The number of benzene rings is 2. The molecular weight excluding hydrogens is 440 g/mol. The first kappa shape index (κ1) is 22.2. The van der Waals surface area contributed by atoms with Crippen molar-refractivity contribution < 1.29 is 34.0 Å². The number of aliphatic hydroxyl groups excluding tert-OH is 1. The molecule has 3 heterocycles. The third-order valence-corrected chi connectivity index (χ3v) is 6.30. The van der Waals surface area contributed by atoms with Gasteiger partial charge in [-0.25, -0.2) is 0 Å². The number of ketones is 1. The maximum Gasteiger partial charge on any atom is 0.295 e. The van der Waals surface area contributed by atoms with Crippen LogP contribution in [0, 0.1) is 0 Å². The average molecular weight is 466 g/mol. The summed E-state index contributed by atoms with van der Waals surface area (Å²) in [4.78, 5) is 29.9. The first-order valence-corrected chi connectivity index (χ1v) is 11.3. The molecule has 2 fully saturated rings. The molecule has 9 nitrogen and oxygen atoms in total. The summed E-state index contributed by atoms with van der Waals surface area (Å²) in [5, 5.41) is 21.3. The number of carbonyl (C=O) groups excluding carboxylic acids is 2. The van der Waals surface area contributed by atoms with E-state index in [1.54, 1.807) is 30.3 Å². The summed E-state index contributed by atoms with van der Waals surface area (Å²) in [5.74, 6) is -0.708. The Kier molecular flexibility index (Phi) is 6.12. The van der Waals surface area contributed by atoms with Gasteiger partial charge in [-0.3, -0.25) is 14.5 Å². The molecule has 0 aliphatic carbocycles. The molecule has 1 unspecified atom stereocenters. The Hall–Kier alpha value is -3.56. The summed E-state index contributed by atoms with van der Waals surface area (Å²) in [6.07, 6.45) is 0. The van der Waals surface area contributed by atoms with E-state index >= 15 is 0 Å². The lowest BCUT2D eigenvalue weighted by Crippen LogP contribution is -2.42. The smallest absolute Gasteiger partial charge is 0.295 e. The van der Waals surface area contributed by atoms with E-state index in [2.05, 4.69) is 4.90 Å². The molecule has 3 aliphatic rings. The van der Waals surface area contributed by atoms with E-state index < -0.39 is 17.7 Å². The molecule has 2 N–H and O–H groups in total. The summed E-state index contributed by atoms with van der Waals surface area (Å²) in [7, 11) is 0. The van der Waals surface area contributed by atoms with E-state index in [9.17, 15) is 19.8 Å². The number of aliphatic hydroxyl groups is 1. The number of phenols is 1. The SMILES string of the molecule is O=C1C(=O)N(CCN2CCOCC2)C(c2cccc(O)c2)/C1=C(/O)c1ccc2c(c1)OCCO2. The number of morpholine rings is 1. The van der Waals surface area contributed by atoms with Crippen molar-refractivity contribution >= 4 is 17.4 Å². The topological polar surface area (TPSA) is 109 Å². The fraction of sp³-hybridized carbons (Fsp3) is 0.360. The number of hydrogen-bond donors (Lipinski definition) is 2. The minimum absolute atomic E-state index is 0.00981. The highest BCUT2D eigenvalue weighted by Gasteiger charge is 2.46. The van der Waals surface area contributed by atoms with Gasteiger partial charge in [0.2, 0.25) is 0 Å². The zero-order valence-corrected chi connectivity index (χ0v) is 18.6. The third-order valence-electron chi connectivity index (χ3n) is 6.30. The Morgan fingerprint density at radius 2 is 1.71 bits per heavy atom. The molecule has 0 bridgehead atoms. The van der Waals surface area contributed by atoms with E-state index in [1.807, 2.05) is 0 Å². The second-order valence-electron chi connectivity index (χ2n) is 8.40. The Morgan fingerprint density at radius 3 is 2.47 bits per heavy atom. The third kappa shape index (κ3) is 4.20. The highest BCUT2D eigenvalue weighted by molar-refractivity contribution is 6.46. The van der Waals surface area contributed by atoms with Crippen LogP contribution in [0.4, 0.5) is 0 Å². The normalized spacial score (nSPS) is 22.2. The molecule has 0 spiro atoms. The molecule has 0 saturated carbocycles. The Morgan fingerprint density at radius 1 is 0.941 bits per heavy atom. The van der Waals surface area contributed by atoms with Crippen molar-refractivity contribution in [1.82, 2.24) is 9.80 Å². The number of likely N-dealkylation sites (tertiary alicyclic amines) is 1. The Balaban J connectivity index is 1.54. The number of amides is 1. The predicted molar refractivity (Wildman–Crippen MR) is 122 cm³/mol. The summed E-state index contributed by atoms with van der Waals surface area (Å²) in [6, 6.07) is 10.5. The summed E-state index contributed by atoms with van der Waals surface area (Å²) in [6.45, 7) is 4.42. The molecular formula is C25H26N2O7. The molecule has 1 atom stereocenters. The fourth-order valence-electron chi connectivity index (χ4n) is 4.57. The molecule has 178 valence electrons. The molecule has 5 rings (SSSR count). The van der Waals surface area contributed by atoms with Gasteiger partial charge in [0.05, 0.1) is 24.8 Å². The largest absolute Gasteiger partial charge is 0.508 e. The number of fused-ring (bicyclic) bond motifs is 1. The zero-order chi connectivity index (χ0) is 23.7. The van der Waals surface area contributed by atoms with Crippen molar-refractivity contribution in [3.63, 3.8) is 0 Å². The lowest BCUT2D eigenvalue weighted by Gasteiger charge is -2.31. The van der Waals surface area contributed by atoms with Crippen LogP contribution in [0.5, 0.6) is 17.2 Å². The van der Waals surface area contributed by atoms with Gasteiger partial charge in [0.25, 0.3) is 11.7 Å². The molecule has 0 aromatic heterocycles. The van der Waals surface area contributed by atoms with Crippen molar-refractivity contribution in [2.45, 2.75) is 6.04 Å². The average Bonchev–Trinajstić information content (AvgIpc) is 3.12. The number of nitrogens with zero attached hydrogens (tertiary/aromatic N) is 2. The maximum atomic E-state index is 13.2. The number of aromatic hydroxyl groups is 1. The first-order chi connectivity index (χ1) is 16.5. The van der Waals surface area contributed by atoms with Gasteiger partial charge in [0.15, 0.2) is 11.5 Å². The van der Waals surface area contributed by atoms with E-state index in [-0.39, 0.29) is 17.1 Å². The monoisotopic (exact) mass is 466 g/mol. The number of phenolic OH excluding ortho intramolecular Hbond substituents is 1. The summed E-state index contributed by atoms with van der Waals surface area (Å²) in [5.41, 5.74) is 0.870. The van der Waals surface area contributed by atoms with Crippen LogP contribution in [-0.4, -0.2) is 84.3 Å². The number of ether oxygens (including phenoxy) is 3. The van der Waals surface area contributed by atoms with Gasteiger partial charge >= 0.3 is 0 Å². The predicted octanol–water partition coefficient (Wildman–Crippen LogP) is 1.92. The van der Waals surface area contributed by atoms with Gasteiger partial charge < -0.3 is 29.3 Å². The molecule has 2 aromatic rings. The quantitative estimate of drug-likeness (QED) is 0.391. The van der Waals surface area contributed by atoms with Gasteiger partial charge in [-0.05, 0) is 35.9 Å². The van der Waals surface area contributed by atoms with E-state index in [0.29, 0.717) is 62.1 Å². The van der Waals surface area contributed by atoms with Crippen LogP contribution in [0.2, 0.25) is 0 Å². The van der Waals surface area contributed by atoms with Gasteiger partial charge in [0.1, 0.15) is 24.7 Å². The first-order valence-electron chi connectivity index (χ1n) is 11.3. The molecule has 3 aliphatic heterocycles. The van der Waals surface area contributed by atoms with E-state index in [1.165, 1.54) is 17.0 Å². The van der Waals surface area contributed by atoms with E-state index in [0.717, 1.165) is 13.1 Å². The lowest BCUT2D eigenvalue weighted by atomic mass is 9.95. The van der Waals surface area contributed by atoms with Crippen LogP contribution in [0.15, 0.2) is 48.0 Å². The number of Topliss-reactive ketones (excluding diaryl/α,β-unsaturated/α-hetero) is 1. The Bertz CT molecular complexity index is 1140. The van der Waals surface area contributed by atoms with Crippen LogP contribution >= 0.6 is 0 Å². The van der Waals surface area contributed by atoms with Crippen molar-refractivity contribution in [3.05, 3.63) is 59.2 Å². The number of rotatable bonds is 5. The van der Waals surface area contributed by atoms with Crippen molar-refractivity contribution in [1.29, 1.82) is 0 Å². The molecule has 2 aromatic carbocycles. The van der Waals surface area contributed by atoms with Crippen molar-refractivity contribution in [2.24, 2.45) is 0 Å². The van der Waals surface area contributed by atoms with E-state index in [4.69, 9.17) is 14.2 Å². The minimum atomic E-state index is -0.832.